The lowest BCUT2D eigenvalue weighted by Crippen LogP contribution is -2.02. The molecule has 0 saturated heterocycles. The van der Waals surface area contributed by atoms with Crippen LogP contribution in [0.25, 0.3) is 0 Å². The zero-order valence-electron chi connectivity index (χ0n) is 7.06. The van der Waals surface area contributed by atoms with E-state index in [4.69, 9.17) is 9.84 Å². The maximum atomic E-state index is 10.6. The van der Waals surface area contributed by atoms with Crippen molar-refractivity contribution in [2.75, 3.05) is 6.61 Å². The average molecular weight is 182 g/mol. The lowest BCUT2D eigenvalue weighted by atomic mass is 10.3. The van der Waals surface area contributed by atoms with Gasteiger partial charge in [-0.3, -0.25) is 0 Å². The van der Waals surface area contributed by atoms with Crippen molar-refractivity contribution in [2.24, 2.45) is 0 Å². The van der Waals surface area contributed by atoms with Crippen LogP contribution in [-0.4, -0.2) is 27.5 Å². The maximum Gasteiger partial charge on any atom is 0.356 e. The number of aryl methyl sites for hydroxylation is 1. The minimum absolute atomic E-state index is 0.0527. The Kier molecular flexibility index (Phi) is 1.92. The van der Waals surface area contributed by atoms with Gasteiger partial charge < -0.3 is 9.84 Å². The molecule has 0 radical (unpaired) electrons. The van der Waals surface area contributed by atoms with Crippen LogP contribution in [0.1, 0.15) is 23.3 Å². The minimum atomic E-state index is -1.01. The fraction of sp³-hybridized carbons (Fsp3) is 0.500. The van der Waals surface area contributed by atoms with Gasteiger partial charge in [0.15, 0.2) is 5.69 Å². The Bertz CT molecular complexity index is 309. The molecule has 0 saturated carbocycles. The van der Waals surface area contributed by atoms with Crippen LogP contribution < -0.4 is 4.74 Å². The molecule has 1 N–H and O–H groups in total. The SMILES string of the molecule is O=C(O)c1cc2n(n1)CCCCO2. The van der Waals surface area contributed by atoms with Crippen LogP contribution in [0.4, 0.5) is 0 Å². The van der Waals surface area contributed by atoms with Gasteiger partial charge in [0.25, 0.3) is 0 Å². The summed E-state index contributed by atoms with van der Waals surface area (Å²) >= 11 is 0. The number of fused-ring (bicyclic) bond motifs is 1. The van der Waals surface area contributed by atoms with E-state index in [0.29, 0.717) is 12.5 Å². The molecule has 1 aliphatic rings. The molecule has 0 spiro atoms. The predicted molar refractivity (Wildman–Crippen MR) is 43.9 cm³/mol. The van der Waals surface area contributed by atoms with E-state index in [1.165, 1.54) is 6.07 Å². The highest BCUT2D eigenvalue weighted by Crippen LogP contribution is 2.17. The van der Waals surface area contributed by atoms with Gasteiger partial charge in [-0.25, -0.2) is 9.48 Å². The van der Waals surface area contributed by atoms with E-state index in [2.05, 4.69) is 5.10 Å². The summed E-state index contributed by atoms with van der Waals surface area (Å²) < 4.78 is 6.92. The topological polar surface area (TPSA) is 64.3 Å². The van der Waals surface area contributed by atoms with Crippen molar-refractivity contribution in [2.45, 2.75) is 19.4 Å². The quantitative estimate of drug-likeness (QED) is 0.696. The Morgan fingerprint density at radius 3 is 3.23 bits per heavy atom. The largest absolute Gasteiger partial charge is 0.478 e. The van der Waals surface area contributed by atoms with Gasteiger partial charge in [-0.15, -0.1) is 0 Å². The standard InChI is InChI=1S/C8H10N2O3/c11-8(12)6-5-7-10(9-6)3-1-2-4-13-7/h5H,1-4H2,(H,11,12). The fourth-order valence-electron chi connectivity index (χ4n) is 1.32. The van der Waals surface area contributed by atoms with Crippen LogP contribution >= 0.6 is 0 Å². The Morgan fingerprint density at radius 2 is 2.46 bits per heavy atom. The van der Waals surface area contributed by atoms with Crippen LogP contribution in [0.2, 0.25) is 0 Å². The van der Waals surface area contributed by atoms with E-state index >= 15 is 0 Å². The number of aromatic carboxylic acids is 1. The minimum Gasteiger partial charge on any atom is -0.478 e. The smallest absolute Gasteiger partial charge is 0.356 e. The summed E-state index contributed by atoms with van der Waals surface area (Å²) in [6.07, 6.45) is 1.97. The van der Waals surface area contributed by atoms with Gasteiger partial charge in [-0.2, -0.15) is 5.10 Å². The van der Waals surface area contributed by atoms with E-state index < -0.39 is 5.97 Å². The molecule has 0 atom stereocenters. The molecule has 0 amide bonds. The summed E-state index contributed by atoms with van der Waals surface area (Å²) in [5.74, 6) is -0.445. The third-order valence-corrected chi connectivity index (χ3v) is 1.98. The van der Waals surface area contributed by atoms with Gasteiger partial charge in [0, 0.05) is 12.6 Å². The monoisotopic (exact) mass is 182 g/mol. The number of aromatic nitrogens is 2. The first-order valence-electron chi connectivity index (χ1n) is 4.21. The van der Waals surface area contributed by atoms with Crippen LogP contribution in [0, 0.1) is 0 Å². The summed E-state index contributed by atoms with van der Waals surface area (Å²) in [5.41, 5.74) is 0.0527. The van der Waals surface area contributed by atoms with Crippen molar-refractivity contribution in [1.82, 2.24) is 9.78 Å². The summed E-state index contributed by atoms with van der Waals surface area (Å²) in [4.78, 5) is 10.6. The molecule has 5 nitrogen and oxygen atoms in total. The third kappa shape index (κ3) is 1.49. The Labute approximate surface area is 74.9 Å². The van der Waals surface area contributed by atoms with E-state index in [0.717, 1.165) is 19.4 Å². The number of nitrogens with zero attached hydrogens (tertiary/aromatic N) is 2. The molecule has 5 heteroatoms. The second-order valence-corrected chi connectivity index (χ2v) is 2.95. The molecule has 0 aliphatic carbocycles. The van der Waals surface area contributed by atoms with Crippen molar-refractivity contribution < 1.29 is 14.6 Å². The molecule has 2 rings (SSSR count). The molecule has 70 valence electrons. The summed E-state index contributed by atoms with van der Waals surface area (Å²) in [5, 5.41) is 12.6. The fourth-order valence-corrected chi connectivity index (χ4v) is 1.32. The number of ether oxygens (including phenoxy) is 1. The highest BCUT2D eigenvalue weighted by molar-refractivity contribution is 5.85. The molecule has 1 aliphatic heterocycles. The molecule has 1 aromatic rings. The maximum absolute atomic E-state index is 10.6. The van der Waals surface area contributed by atoms with Gasteiger partial charge in [0.1, 0.15) is 0 Å². The molecule has 0 bridgehead atoms. The molecular weight excluding hydrogens is 172 g/mol. The van der Waals surface area contributed by atoms with Crippen molar-refractivity contribution in [3.8, 4) is 5.88 Å². The van der Waals surface area contributed by atoms with Crippen molar-refractivity contribution in [3.63, 3.8) is 0 Å². The predicted octanol–water partition coefficient (Wildman–Crippen LogP) is 0.754. The molecule has 2 heterocycles. The molecule has 13 heavy (non-hydrogen) atoms. The van der Waals surface area contributed by atoms with E-state index in [9.17, 15) is 4.79 Å². The molecule has 0 fully saturated rings. The Balaban J connectivity index is 2.32. The molecule has 1 aromatic heterocycles. The van der Waals surface area contributed by atoms with Crippen LogP contribution in [-0.2, 0) is 6.54 Å². The van der Waals surface area contributed by atoms with E-state index in [1.54, 1.807) is 4.68 Å². The van der Waals surface area contributed by atoms with Crippen LogP contribution in [0.5, 0.6) is 5.88 Å². The van der Waals surface area contributed by atoms with E-state index in [1.807, 2.05) is 0 Å². The first-order chi connectivity index (χ1) is 6.27. The van der Waals surface area contributed by atoms with Crippen molar-refractivity contribution in [3.05, 3.63) is 11.8 Å². The van der Waals surface area contributed by atoms with Crippen LogP contribution in [0.15, 0.2) is 6.07 Å². The summed E-state index contributed by atoms with van der Waals surface area (Å²) in [6, 6.07) is 1.47. The Hall–Kier alpha value is -1.52. The van der Waals surface area contributed by atoms with Gasteiger partial charge in [-0.1, -0.05) is 0 Å². The second-order valence-electron chi connectivity index (χ2n) is 2.95. The average Bonchev–Trinajstić information content (AvgIpc) is 2.38. The summed E-state index contributed by atoms with van der Waals surface area (Å²) in [7, 11) is 0. The third-order valence-electron chi connectivity index (χ3n) is 1.98. The van der Waals surface area contributed by atoms with Gasteiger partial charge in [0.05, 0.1) is 6.61 Å². The number of carbonyl (C=O) groups is 1. The lowest BCUT2D eigenvalue weighted by molar-refractivity contribution is 0.0689. The zero-order valence-corrected chi connectivity index (χ0v) is 7.06. The second kappa shape index (κ2) is 3.08. The molecular formula is C8H10N2O3. The first kappa shape index (κ1) is 8.10. The van der Waals surface area contributed by atoms with Crippen LogP contribution in [0.3, 0.4) is 0 Å². The first-order valence-corrected chi connectivity index (χ1v) is 4.21. The van der Waals surface area contributed by atoms with Gasteiger partial charge >= 0.3 is 5.97 Å². The number of rotatable bonds is 1. The highest BCUT2D eigenvalue weighted by atomic mass is 16.5. The van der Waals surface area contributed by atoms with E-state index in [-0.39, 0.29) is 5.69 Å². The number of carboxylic acid groups (broad SMARTS) is 1. The lowest BCUT2D eigenvalue weighted by Gasteiger charge is -1.99. The van der Waals surface area contributed by atoms with Crippen molar-refractivity contribution >= 4 is 5.97 Å². The van der Waals surface area contributed by atoms with Crippen molar-refractivity contribution in [1.29, 1.82) is 0 Å². The summed E-state index contributed by atoms with van der Waals surface area (Å²) in [6.45, 7) is 1.38. The number of hydrogen-bond acceptors (Lipinski definition) is 3. The number of carboxylic acids is 1. The Morgan fingerprint density at radius 1 is 1.62 bits per heavy atom. The normalized spacial score (nSPS) is 15.7. The highest BCUT2D eigenvalue weighted by Gasteiger charge is 2.15. The molecule has 0 unspecified atom stereocenters. The van der Waals surface area contributed by atoms with Gasteiger partial charge in [-0.05, 0) is 12.8 Å². The van der Waals surface area contributed by atoms with Gasteiger partial charge in [0.2, 0.25) is 5.88 Å². The number of hydrogen-bond donors (Lipinski definition) is 1. The zero-order chi connectivity index (χ0) is 9.26. The molecule has 0 aromatic carbocycles.